The normalized spacial score (nSPS) is 11.0. The van der Waals surface area contributed by atoms with E-state index in [2.05, 4.69) is 109 Å². The van der Waals surface area contributed by atoms with Gasteiger partial charge in [0.25, 0.3) is 0 Å². The van der Waals surface area contributed by atoms with Crippen molar-refractivity contribution < 1.29 is 0 Å². The highest BCUT2D eigenvalue weighted by Gasteiger charge is 2.18. The molecular formula is C35H25N. The van der Waals surface area contributed by atoms with Gasteiger partial charge in [0, 0.05) is 12.4 Å². The Kier molecular flexibility index (Phi) is 5.52. The van der Waals surface area contributed by atoms with E-state index in [0.717, 1.165) is 11.1 Å². The summed E-state index contributed by atoms with van der Waals surface area (Å²) in [7, 11) is 0. The van der Waals surface area contributed by atoms with Gasteiger partial charge in [-0.05, 0) is 90.3 Å². The lowest BCUT2D eigenvalue weighted by atomic mass is 9.83. The molecule has 0 fully saturated rings. The molecule has 1 nitrogen and oxygen atoms in total. The third-order valence-corrected chi connectivity index (χ3v) is 6.91. The number of rotatable bonds is 5. The molecule has 0 aliphatic carbocycles. The summed E-state index contributed by atoms with van der Waals surface area (Å²) in [5.41, 5.74) is 9.32. The van der Waals surface area contributed by atoms with Crippen LogP contribution >= 0.6 is 0 Å². The number of fused-ring (bicyclic) bond motifs is 2. The Bertz CT molecular complexity index is 1750. The second-order valence-electron chi connectivity index (χ2n) is 8.91. The van der Waals surface area contributed by atoms with E-state index in [0.29, 0.717) is 0 Å². The van der Waals surface area contributed by atoms with Crippen LogP contribution in [0.2, 0.25) is 0 Å². The van der Waals surface area contributed by atoms with Crippen molar-refractivity contribution in [3.05, 3.63) is 140 Å². The highest BCUT2D eigenvalue weighted by atomic mass is 14.6. The number of pyridine rings is 1. The molecule has 6 rings (SSSR count). The van der Waals surface area contributed by atoms with Crippen molar-refractivity contribution in [3.63, 3.8) is 0 Å². The van der Waals surface area contributed by atoms with Gasteiger partial charge in [0.05, 0.1) is 0 Å². The van der Waals surface area contributed by atoms with Crippen LogP contribution in [0.25, 0.3) is 67.1 Å². The molecule has 170 valence electrons. The van der Waals surface area contributed by atoms with Crippen molar-refractivity contribution in [1.29, 1.82) is 0 Å². The topological polar surface area (TPSA) is 12.9 Å². The summed E-state index contributed by atoms with van der Waals surface area (Å²) in [4.78, 5) is 4.14. The molecule has 0 saturated carbocycles. The van der Waals surface area contributed by atoms with E-state index in [1.165, 1.54) is 54.9 Å². The van der Waals surface area contributed by atoms with E-state index in [4.69, 9.17) is 0 Å². The summed E-state index contributed by atoms with van der Waals surface area (Å²) >= 11 is 0. The monoisotopic (exact) mass is 459 g/mol. The van der Waals surface area contributed by atoms with Gasteiger partial charge in [0.15, 0.2) is 0 Å². The molecule has 0 unspecified atom stereocenters. The van der Waals surface area contributed by atoms with Crippen LogP contribution in [0.4, 0.5) is 0 Å². The molecule has 0 amide bonds. The minimum absolute atomic E-state index is 1.11. The Balaban J connectivity index is 1.61. The summed E-state index contributed by atoms with van der Waals surface area (Å²) in [6, 6.07) is 36.7. The van der Waals surface area contributed by atoms with Gasteiger partial charge in [-0.25, -0.2) is 0 Å². The minimum Gasteiger partial charge on any atom is -0.265 e. The lowest BCUT2D eigenvalue weighted by Gasteiger charge is -2.20. The maximum absolute atomic E-state index is 4.22. The largest absolute Gasteiger partial charge is 0.265 e. The molecule has 0 bridgehead atoms. The van der Waals surface area contributed by atoms with E-state index in [1.807, 2.05) is 36.7 Å². The number of hydrogen-bond donors (Lipinski definition) is 0. The van der Waals surface area contributed by atoms with Crippen molar-refractivity contribution in [2.24, 2.45) is 0 Å². The summed E-state index contributed by atoms with van der Waals surface area (Å²) in [5.74, 6) is 0. The Morgan fingerprint density at radius 1 is 0.472 bits per heavy atom. The molecule has 0 radical (unpaired) electrons. The second-order valence-corrected chi connectivity index (χ2v) is 8.91. The SMILES string of the molecule is C=Cc1c(C=C)c(-c2ccc3cc(-c4ccncc4)ccc3c2)c2ccccc2c1-c1ccccc1. The van der Waals surface area contributed by atoms with Crippen LogP contribution in [0.3, 0.4) is 0 Å². The van der Waals surface area contributed by atoms with E-state index in [1.54, 1.807) is 0 Å². The molecule has 36 heavy (non-hydrogen) atoms. The zero-order valence-corrected chi connectivity index (χ0v) is 20.0. The van der Waals surface area contributed by atoms with Gasteiger partial charge in [-0.1, -0.05) is 104 Å². The first kappa shape index (κ1) is 21.8. The van der Waals surface area contributed by atoms with Gasteiger partial charge in [0.2, 0.25) is 0 Å². The average Bonchev–Trinajstić information content (AvgIpc) is 2.96. The van der Waals surface area contributed by atoms with Crippen molar-refractivity contribution in [2.45, 2.75) is 0 Å². The molecule has 5 aromatic carbocycles. The fraction of sp³-hybridized carbons (Fsp3) is 0. The Hall–Kier alpha value is -4.75. The summed E-state index contributed by atoms with van der Waals surface area (Å²) in [5, 5.41) is 4.84. The zero-order valence-electron chi connectivity index (χ0n) is 20.0. The van der Waals surface area contributed by atoms with Gasteiger partial charge >= 0.3 is 0 Å². The predicted octanol–water partition coefficient (Wildman–Crippen LogP) is 9.67. The van der Waals surface area contributed by atoms with Crippen LogP contribution in [-0.4, -0.2) is 4.98 Å². The molecular weight excluding hydrogens is 434 g/mol. The molecule has 0 aliphatic heterocycles. The van der Waals surface area contributed by atoms with Crippen LogP contribution in [0.15, 0.2) is 129 Å². The number of benzene rings is 5. The number of hydrogen-bond acceptors (Lipinski definition) is 1. The summed E-state index contributed by atoms with van der Waals surface area (Å²) < 4.78 is 0. The Morgan fingerprint density at radius 3 is 1.61 bits per heavy atom. The summed E-state index contributed by atoms with van der Waals surface area (Å²) in [6.45, 7) is 8.43. The lowest BCUT2D eigenvalue weighted by Crippen LogP contribution is -1.96. The second kappa shape index (κ2) is 9.13. The molecule has 0 N–H and O–H groups in total. The fourth-order valence-electron chi connectivity index (χ4n) is 5.25. The quantitative estimate of drug-likeness (QED) is 0.250. The van der Waals surface area contributed by atoms with E-state index in [-0.39, 0.29) is 0 Å². The van der Waals surface area contributed by atoms with Crippen LogP contribution in [0.5, 0.6) is 0 Å². The van der Waals surface area contributed by atoms with E-state index < -0.39 is 0 Å². The first-order chi connectivity index (χ1) is 17.8. The van der Waals surface area contributed by atoms with Gasteiger partial charge < -0.3 is 0 Å². The maximum atomic E-state index is 4.22. The van der Waals surface area contributed by atoms with E-state index >= 15 is 0 Å². The van der Waals surface area contributed by atoms with Crippen molar-refractivity contribution in [1.82, 2.24) is 4.98 Å². The van der Waals surface area contributed by atoms with Crippen molar-refractivity contribution >= 4 is 33.7 Å². The highest BCUT2D eigenvalue weighted by Crippen LogP contribution is 2.43. The molecule has 1 aromatic heterocycles. The molecule has 0 aliphatic rings. The van der Waals surface area contributed by atoms with Crippen molar-refractivity contribution in [2.75, 3.05) is 0 Å². The molecule has 0 atom stereocenters. The number of nitrogens with zero attached hydrogens (tertiary/aromatic N) is 1. The van der Waals surface area contributed by atoms with Crippen LogP contribution < -0.4 is 0 Å². The van der Waals surface area contributed by atoms with Crippen molar-refractivity contribution in [3.8, 4) is 33.4 Å². The highest BCUT2D eigenvalue weighted by molar-refractivity contribution is 6.12. The standard InChI is InChI=1S/C35H25N/c1-3-30-31(4-2)35(33-13-9-8-12-32(33)34(30)25-10-6-5-7-11-25)29-17-16-27-22-26(14-15-28(27)23-29)24-18-20-36-21-19-24/h3-23H,1-2H2. The van der Waals surface area contributed by atoms with Gasteiger partial charge in [0.1, 0.15) is 0 Å². The smallest absolute Gasteiger partial charge is 0.0273 e. The maximum Gasteiger partial charge on any atom is 0.0273 e. The minimum atomic E-state index is 1.11. The van der Waals surface area contributed by atoms with Gasteiger partial charge in [-0.15, -0.1) is 0 Å². The molecule has 1 heteroatoms. The molecule has 0 spiro atoms. The zero-order chi connectivity index (χ0) is 24.5. The average molecular weight is 460 g/mol. The first-order valence-electron chi connectivity index (χ1n) is 12.1. The first-order valence-corrected chi connectivity index (χ1v) is 12.1. The number of aromatic nitrogens is 1. The van der Waals surface area contributed by atoms with E-state index in [9.17, 15) is 0 Å². The third-order valence-electron chi connectivity index (χ3n) is 6.91. The van der Waals surface area contributed by atoms with Gasteiger partial charge in [-0.2, -0.15) is 0 Å². The summed E-state index contributed by atoms with van der Waals surface area (Å²) in [6.07, 6.45) is 7.61. The van der Waals surface area contributed by atoms with Gasteiger partial charge in [-0.3, -0.25) is 4.98 Å². The Morgan fingerprint density at radius 2 is 1.00 bits per heavy atom. The van der Waals surface area contributed by atoms with Crippen LogP contribution in [-0.2, 0) is 0 Å². The fourth-order valence-corrected chi connectivity index (χ4v) is 5.25. The molecule has 6 aromatic rings. The molecule has 1 heterocycles. The lowest BCUT2D eigenvalue weighted by molar-refractivity contribution is 1.33. The van der Waals surface area contributed by atoms with Crippen LogP contribution in [0, 0.1) is 0 Å². The third kappa shape index (κ3) is 3.62. The van der Waals surface area contributed by atoms with Crippen LogP contribution in [0.1, 0.15) is 11.1 Å². The predicted molar refractivity (Wildman–Crippen MR) is 156 cm³/mol. The molecule has 0 saturated heterocycles. The Labute approximate surface area is 211 Å².